The van der Waals surface area contributed by atoms with Gasteiger partial charge in [-0.2, -0.15) is 13.2 Å². The normalized spacial score (nSPS) is 13.2. The summed E-state index contributed by atoms with van der Waals surface area (Å²) >= 11 is 23.8. The SMILES string of the molecule is CC(C)[C@H](NC(=O)[C@H](Cc1cccc(Cl)c1)NC(=O)CCc1cc(Cl)cc(Cl)c1)C(=O)C(F)(F)F.C[C@@H](Cc1cccc(Cl)c1)NC(=O)OC(C)(C)C. The first kappa shape index (κ1) is 45.6. The Labute approximate surface area is 328 Å². The molecular formula is C38H44Cl4F3N3O5. The van der Waals surface area contributed by atoms with E-state index in [-0.39, 0.29) is 25.3 Å². The van der Waals surface area contributed by atoms with Gasteiger partial charge < -0.3 is 20.7 Å². The van der Waals surface area contributed by atoms with Crippen LogP contribution in [0.15, 0.2) is 66.7 Å². The lowest BCUT2D eigenvalue weighted by atomic mass is 9.98. The van der Waals surface area contributed by atoms with Crippen molar-refractivity contribution in [1.82, 2.24) is 16.0 Å². The molecule has 3 N–H and O–H groups in total. The maximum absolute atomic E-state index is 13.0. The first-order valence-electron chi connectivity index (χ1n) is 16.7. The number of Topliss-reactive ketones (excluding diaryl/α,β-unsaturated/α-hetero) is 1. The van der Waals surface area contributed by atoms with Crippen LogP contribution in [0.2, 0.25) is 20.1 Å². The first-order chi connectivity index (χ1) is 24.5. The number of carbonyl (C=O) groups excluding carboxylic acids is 4. The Morgan fingerprint density at radius 1 is 0.698 bits per heavy atom. The second kappa shape index (κ2) is 20.8. The number of amides is 3. The molecule has 290 valence electrons. The molecule has 0 radical (unpaired) electrons. The van der Waals surface area contributed by atoms with E-state index >= 15 is 0 Å². The molecule has 3 amide bonds. The van der Waals surface area contributed by atoms with Gasteiger partial charge in [0, 0.05) is 39.0 Å². The van der Waals surface area contributed by atoms with Gasteiger partial charge in [0.25, 0.3) is 5.78 Å². The summed E-state index contributed by atoms with van der Waals surface area (Å²) in [5.41, 5.74) is 1.89. The van der Waals surface area contributed by atoms with Crippen LogP contribution in [0.3, 0.4) is 0 Å². The molecule has 3 rings (SSSR count). The lowest BCUT2D eigenvalue weighted by Crippen LogP contribution is -2.56. The van der Waals surface area contributed by atoms with Gasteiger partial charge in [0.15, 0.2) is 0 Å². The first-order valence-corrected chi connectivity index (χ1v) is 18.2. The summed E-state index contributed by atoms with van der Waals surface area (Å²) < 4.78 is 44.3. The van der Waals surface area contributed by atoms with Gasteiger partial charge in [-0.05, 0) is 106 Å². The number of carbonyl (C=O) groups is 4. The molecule has 0 aliphatic heterocycles. The predicted molar refractivity (Wildman–Crippen MR) is 204 cm³/mol. The standard InChI is InChI=1S/C24H24Cl3F3N2O3.C14H20ClNO2/c1-13(2)21(22(34)24(28,29)30)32-23(35)19(11-14-4-3-5-16(25)8-14)31-20(33)7-6-15-9-17(26)12-18(27)10-15;1-10(16-13(17)18-14(2,3)4)8-11-6-5-7-12(15)9-11/h3-5,8-10,12-13,19,21H,6-7,11H2,1-2H3,(H,31,33)(H,32,35);5-7,9-10H,8H2,1-4H3,(H,16,17)/t19-,21-;10-/m00/s1. The molecule has 53 heavy (non-hydrogen) atoms. The number of rotatable bonds is 13. The lowest BCUT2D eigenvalue weighted by molar-refractivity contribution is -0.175. The molecule has 0 fully saturated rings. The number of ketones is 1. The second-order valence-electron chi connectivity index (χ2n) is 13.7. The maximum atomic E-state index is 13.0. The van der Waals surface area contributed by atoms with Crippen LogP contribution in [0.5, 0.6) is 0 Å². The van der Waals surface area contributed by atoms with Crippen molar-refractivity contribution < 1.29 is 37.1 Å². The largest absolute Gasteiger partial charge is 0.452 e. The third-order valence-corrected chi connectivity index (χ3v) is 8.17. The number of halogens is 7. The van der Waals surface area contributed by atoms with Crippen LogP contribution in [0, 0.1) is 5.92 Å². The fraction of sp³-hybridized carbons (Fsp3) is 0.421. The van der Waals surface area contributed by atoms with Gasteiger partial charge in [-0.3, -0.25) is 14.4 Å². The van der Waals surface area contributed by atoms with Gasteiger partial charge in [-0.1, -0.05) is 84.5 Å². The van der Waals surface area contributed by atoms with Crippen molar-refractivity contribution in [3.8, 4) is 0 Å². The Balaban J connectivity index is 0.000000453. The monoisotopic (exact) mass is 819 g/mol. The minimum Gasteiger partial charge on any atom is -0.444 e. The minimum absolute atomic E-state index is 0.00156. The Morgan fingerprint density at radius 2 is 1.21 bits per heavy atom. The van der Waals surface area contributed by atoms with E-state index in [2.05, 4.69) is 16.0 Å². The van der Waals surface area contributed by atoms with Crippen molar-refractivity contribution >= 4 is 70.1 Å². The van der Waals surface area contributed by atoms with Crippen LogP contribution in [-0.4, -0.2) is 53.6 Å². The van der Waals surface area contributed by atoms with Crippen molar-refractivity contribution in [3.63, 3.8) is 0 Å². The second-order valence-corrected chi connectivity index (χ2v) is 15.5. The highest BCUT2D eigenvalue weighted by Crippen LogP contribution is 2.22. The summed E-state index contributed by atoms with van der Waals surface area (Å²) in [7, 11) is 0. The molecule has 3 aromatic rings. The highest BCUT2D eigenvalue weighted by atomic mass is 35.5. The molecule has 0 bridgehead atoms. The van der Waals surface area contributed by atoms with E-state index in [9.17, 15) is 32.3 Å². The smallest absolute Gasteiger partial charge is 0.444 e. The van der Waals surface area contributed by atoms with Gasteiger partial charge in [-0.15, -0.1) is 0 Å². The Kier molecular flexibility index (Phi) is 17.9. The zero-order valence-corrected chi connectivity index (χ0v) is 33.2. The van der Waals surface area contributed by atoms with Gasteiger partial charge in [0.05, 0.1) is 6.04 Å². The highest BCUT2D eigenvalue weighted by molar-refractivity contribution is 6.34. The van der Waals surface area contributed by atoms with Gasteiger partial charge in [-0.25, -0.2) is 4.79 Å². The third kappa shape index (κ3) is 17.9. The summed E-state index contributed by atoms with van der Waals surface area (Å²) in [5.74, 6) is -4.33. The number of hydrogen-bond acceptors (Lipinski definition) is 5. The van der Waals surface area contributed by atoms with E-state index in [1.165, 1.54) is 13.8 Å². The average molecular weight is 822 g/mol. The van der Waals surface area contributed by atoms with E-state index in [4.69, 9.17) is 51.1 Å². The number of nitrogens with one attached hydrogen (secondary N) is 3. The predicted octanol–water partition coefficient (Wildman–Crippen LogP) is 9.37. The van der Waals surface area contributed by atoms with E-state index < -0.39 is 53.5 Å². The summed E-state index contributed by atoms with van der Waals surface area (Å²) in [6.07, 6.45) is -4.61. The Morgan fingerprint density at radius 3 is 1.68 bits per heavy atom. The zero-order chi connectivity index (χ0) is 40.1. The van der Waals surface area contributed by atoms with Crippen LogP contribution in [0.1, 0.15) is 64.7 Å². The van der Waals surface area contributed by atoms with Crippen LogP contribution >= 0.6 is 46.4 Å². The summed E-state index contributed by atoms with van der Waals surface area (Å²) in [6.45, 7) is 10.2. The molecule has 0 unspecified atom stereocenters. The molecule has 0 saturated heterocycles. The molecule has 0 spiro atoms. The molecule has 15 heteroatoms. The molecular weight excluding hydrogens is 777 g/mol. The zero-order valence-electron chi connectivity index (χ0n) is 30.2. The van der Waals surface area contributed by atoms with E-state index in [0.717, 1.165) is 12.0 Å². The van der Waals surface area contributed by atoms with Crippen molar-refractivity contribution in [2.75, 3.05) is 0 Å². The number of aryl methyl sites for hydroxylation is 1. The molecule has 3 aromatic carbocycles. The molecule has 8 nitrogen and oxygen atoms in total. The molecule has 0 aromatic heterocycles. The van der Waals surface area contributed by atoms with Crippen LogP contribution < -0.4 is 16.0 Å². The van der Waals surface area contributed by atoms with Gasteiger partial charge in [0.2, 0.25) is 11.8 Å². The molecule has 3 atom stereocenters. The number of ether oxygens (including phenoxy) is 1. The van der Waals surface area contributed by atoms with Crippen LogP contribution in [-0.2, 0) is 38.4 Å². The van der Waals surface area contributed by atoms with Gasteiger partial charge in [0.1, 0.15) is 11.6 Å². The minimum atomic E-state index is -5.12. The summed E-state index contributed by atoms with van der Waals surface area (Å²) in [4.78, 5) is 49.0. The quantitative estimate of drug-likeness (QED) is 0.159. The fourth-order valence-electron chi connectivity index (χ4n) is 4.93. The average Bonchev–Trinajstić information content (AvgIpc) is 3.00. The topological polar surface area (TPSA) is 114 Å². The van der Waals surface area contributed by atoms with E-state index in [0.29, 0.717) is 31.2 Å². The van der Waals surface area contributed by atoms with Crippen molar-refractivity contribution in [3.05, 3.63) is 104 Å². The number of hydrogen-bond donors (Lipinski definition) is 3. The molecule has 0 aliphatic carbocycles. The van der Waals surface area contributed by atoms with E-state index in [1.54, 1.807) is 42.5 Å². The summed E-state index contributed by atoms with van der Waals surface area (Å²) in [5, 5.41) is 9.41. The number of benzene rings is 3. The van der Waals surface area contributed by atoms with Crippen LogP contribution in [0.4, 0.5) is 18.0 Å². The molecule has 0 heterocycles. The molecule has 0 aliphatic rings. The van der Waals surface area contributed by atoms with E-state index in [1.807, 2.05) is 52.0 Å². The summed E-state index contributed by atoms with van der Waals surface area (Å²) in [6, 6.07) is 15.9. The highest BCUT2D eigenvalue weighted by Gasteiger charge is 2.45. The lowest BCUT2D eigenvalue weighted by Gasteiger charge is -2.26. The number of alkyl halides is 3. The Bertz CT molecular complexity index is 1700. The molecule has 0 saturated carbocycles. The van der Waals surface area contributed by atoms with Crippen molar-refractivity contribution in [2.45, 2.75) is 97.1 Å². The third-order valence-electron chi connectivity index (χ3n) is 7.26. The van der Waals surface area contributed by atoms with Gasteiger partial charge >= 0.3 is 12.3 Å². The van der Waals surface area contributed by atoms with Crippen molar-refractivity contribution in [1.29, 1.82) is 0 Å². The fourth-order valence-corrected chi connectivity index (χ4v) is 5.93. The van der Waals surface area contributed by atoms with Crippen molar-refractivity contribution in [2.24, 2.45) is 5.92 Å². The Hall–Kier alpha value is -3.51. The van der Waals surface area contributed by atoms with Crippen LogP contribution in [0.25, 0.3) is 0 Å². The maximum Gasteiger partial charge on any atom is 0.452 e. The number of alkyl carbamates (subject to hydrolysis) is 1.